The van der Waals surface area contributed by atoms with Crippen molar-refractivity contribution in [3.8, 4) is 11.3 Å². The molecular formula is C18H20BrN3O6. The van der Waals surface area contributed by atoms with E-state index in [4.69, 9.17) is 9.84 Å². The molecule has 1 aromatic heterocycles. The summed E-state index contributed by atoms with van der Waals surface area (Å²) < 4.78 is 7.71. The number of nitrogens with zero attached hydrogens (tertiary/aromatic N) is 3. The van der Waals surface area contributed by atoms with Crippen LogP contribution in [0.3, 0.4) is 0 Å². The zero-order chi connectivity index (χ0) is 20.4. The number of aliphatic hydroxyl groups excluding tert-OH is 3. The normalized spacial score (nSPS) is 24.2. The maximum absolute atomic E-state index is 11.5. The Morgan fingerprint density at radius 1 is 1.36 bits per heavy atom. The highest BCUT2D eigenvalue weighted by Gasteiger charge is 2.41. The van der Waals surface area contributed by atoms with Gasteiger partial charge in [0.25, 0.3) is 0 Å². The molecule has 0 radical (unpaired) electrons. The summed E-state index contributed by atoms with van der Waals surface area (Å²) in [6, 6.07) is 6.89. The van der Waals surface area contributed by atoms with Gasteiger partial charge in [0.05, 0.1) is 18.8 Å². The average molecular weight is 454 g/mol. The number of halogens is 1. The predicted molar refractivity (Wildman–Crippen MR) is 101 cm³/mol. The second kappa shape index (κ2) is 8.39. The topological polar surface area (TPSA) is 138 Å². The Balaban J connectivity index is 1.96. The van der Waals surface area contributed by atoms with Gasteiger partial charge < -0.3 is 25.2 Å². The van der Waals surface area contributed by atoms with Crippen LogP contribution >= 0.6 is 15.9 Å². The molecule has 0 spiro atoms. The van der Waals surface area contributed by atoms with Gasteiger partial charge in [0, 0.05) is 16.0 Å². The van der Waals surface area contributed by atoms with Gasteiger partial charge in [-0.1, -0.05) is 46.3 Å². The van der Waals surface area contributed by atoms with Crippen LogP contribution in [0.5, 0.6) is 0 Å². The lowest BCUT2D eigenvalue weighted by molar-refractivity contribution is -0.148. The van der Waals surface area contributed by atoms with Gasteiger partial charge in [-0.15, -0.1) is 5.10 Å². The molecule has 28 heavy (non-hydrogen) atoms. The molecule has 0 amide bonds. The number of carboxylic acid groups (broad SMARTS) is 1. The molecule has 9 nitrogen and oxygen atoms in total. The van der Waals surface area contributed by atoms with Crippen LogP contribution in [-0.4, -0.2) is 66.3 Å². The maximum atomic E-state index is 11.5. The summed E-state index contributed by atoms with van der Waals surface area (Å²) in [5.74, 6) is -2.14. The minimum atomic E-state index is -1.48. The minimum absolute atomic E-state index is 0.366. The summed E-state index contributed by atoms with van der Waals surface area (Å²) in [7, 11) is 0. The van der Waals surface area contributed by atoms with Crippen molar-refractivity contribution >= 4 is 21.9 Å². The highest BCUT2D eigenvalue weighted by atomic mass is 79.9. The lowest BCUT2D eigenvalue weighted by Gasteiger charge is -2.37. The fourth-order valence-corrected chi connectivity index (χ4v) is 3.64. The van der Waals surface area contributed by atoms with Gasteiger partial charge in [0.2, 0.25) is 5.76 Å². The maximum Gasteiger partial charge on any atom is 0.370 e. The number of carbonyl (C=O) groups is 1. The van der Waals surface area contributed by atoms with E-state index in [9.17, 15) is 20.1 Å². The summed E-state index contributed by atoms with van der Waals surface area (Å²) in [4.78, 5) is 11.5. The number of carboxylic acids is 1. The fourth-order valence-electron chi connectivity index (χ4n) is 3.16. The van der Waals surface area contributed by atoms with Gasteiger partial charge in [-0.3, -0.25) is 0 Å². The van der Waals surface area contributed by atoms with Crippen LogP contribution in [0.4, 0.5) is 0 Å². The van der Waals surface area contributed by atoms with Crippen molar-refractivity contribution < 1.29 is 30.0 Å². The molecule has 0 saturated heterocycles. The van der Waals surface area contributed by atoms with Crippen LogP contribution in [0.1, 0.15) is 13.0 Å². The van der Waals surface area contributed by atoms with Gasteiger partial charge in [0.15, 0.2) is 0 Å². The van der Waals surface area contributed by atoms with E-state index in [2.05, 4.69) is 26.2 Å². The number of rotatable bonds is 6. The third-order valence-electron chi connectivity index (χ3n) is 4.74. The number of ether oxygens (including phenoxy) is 1. The quantitative estimate of drug-likeness (QED) is 0.507. The van der Waals surface area contributed by atoms with Crippen LogP contribution in [0, 0.1) is 5.92 Å². The second-order valence-electron chi connectivity index (χ2n) is 6.57. The smallest absolute Gasteiger partial charge is 0.370 e. The fraction of sp³-hybridized carbons (Fsp3) is 0.389. The van der Waals surface area contributed by atoms with E-state index in [-0.39, 0.29) is 5.76 Å². The third kappa shape index (κ3) is 3.95. The number of hydrogen-bond acceptors (Lipinski definition) is 7. The molecule has 0 saturated carbocycles. The summed E-state index contributed by atoms with van der Waals surface area (Å²) in [6.45, 7) is 1.05. The van der Waals surface area contributed by atoms with Gasteiger partial charge in [-0.25, -0.2) is 9.48 Å². The first-order valence-corrected chi connectivity index (χ1v) is 9.38. The molecule has 1 aromatic carbocycles. The van der Waals surface area contributed by atoms with E-state index >= 15 is 0 Å². The van der Waals surface area contributed by atoms with Crippen molar-refractivity contribution in [2.45, 2.75) is 31.3 Å². The highest BCUT2D eigenvalue weighted by molar-refractivity contribution is 9.10. The number of allylic oxidation sites excluding steroid dienone is 1. The van der Waals surface area contributed by atoms with E-state index < -0.39 is 42.8 Å². The van der Waals surface area contributed by atoms with Gasteiger partial charge in [0.1, 0.15) is 24.0 Å². The van der Waals surface area contributed by atoms with Crippen molar-refractivity contribution in [3.63, 3.8) is 0 Å². The van der Waals surface area contributed by atoms with Crippen LogP contribution in [0.15, 0.2) is 46.8 Å². The number of aromatic nitrogens is 3. The first-order valence-electron chi connectivity index (χ1n) is 8.59. The lowest BCUT2D eigenvalue weighted by Crippen LogP contribution is -2.48. The zero-order valence-electron chi connectivity index (χ0n) is 14.9. The Morgan fingerprint density at radius 3 is 2.71 bits per heavy atom. The molecule has 10 heteroatoms. The monoisotopic (exact) mass is 453 g/mol. The number of hydrogen-bond donors (Lipinski definition) is 4. The molecule has 0 aliphatic carbocycles. The molecule has 3 rings (SSSR count). The Bertz CT molecular complexity index is 886. The van der Waals surface area contributed by atoms with Crippen molar-refractivity contribution in [1.82, 2.24) is 15.0 Å². The number of aliphatic hydroxyl groups is 3. The zero-order valence-corrected chi connectivity index (χ0v) is 16.5. The standard InChI is InChI=1S/C18H20BrN3O6/c1-9-13(6-15(18(26)27)28-17(9)16(25)14(24)8-23)22-7-12(20-21-22)10-4-2-3-5-11(10)19/h2-7,9,13-14,16-17,23-25H,8H2,1H3,(H,26,27)/t9-,13+,14?,16-,17-/m1/s1. The summed E-state index contributed by atoms with van der Waals surface area (Å²) in [6.07, 6.45) is -0.932. The lowest BCUT2D eigenvalue weighted by atomic mass is 9.87. The molecule has 4 N–H and O–H groups in total. The largest absolute Gasteiger partial charge is 0.480 e. The molecule has 1 unspecified atom stereocenters. The number of benzene rings is 1. The molecule has 0 fully saturated rings. The van der Waals surface area contributed by atoms with Gasteiger partial charge >= 0.3 is 5.97 Å². The van der Waals surface area contributed by atoms with E-state index in [0.717, 1.165) is 10.0 Å². The van der Waals surface area contributed by atoms with Gasteiger partial charge in [-0.05, 0) is 12.1 Å². The summed E-state index contributed by atoms with van der Waals surface area (Å²) >= 11 is 3.46. The van der Waals surface area contributed by atoms with E-state index in [1.54, 1.807) is 13.1 Å². The second-order valence-corrected chi connectivity index (χ2v) is 7.43. The molecular weight excluding hydrogens is 434 g/mol. The summed E-state index contributed by atoms with van der Waals surface area (Å²) in [5, 5.41) is 46.8. The summed E-state index contributed by atoms with van der Waals surface area (Å²) in [5.41, 5.74) is 1.41. The Morgan fingerprint density at radius 2 is 2.07 bits per heavy atom. The van der Waals surface area contributed by atoms with Crippen LogP contribution in [-0.2, 0) is 9.53 Å². The van der Waals surface area contributed by atoms with E-state index in [0.29, 0.717) is 5.69 Å². The van der Waals surface area contributed by atoms with E-state index in [1.807, 2.05) is 24.3 Å². The minimum Gasteiger partial charge on any atom is -0.480 e. The third-order valence-corrected chi connectivity index (χ3v) is 5.43. The Labute approximate surface area is 169 Å². The molecule has 0 bridgehead atoms. The van der Waals surface area contributed by atoms with Crippen molar-refractivity contribution in [3.05, 3.63) is 46.8 Å². The average Bonchev–Trinajstić information content (AvgIpc) is 3.16. The van der Waals surface area contributed by atoms with Crippen molar-refractivity contribution in [1.29, 1.82) is 0 Å². The Hall–Kier alpha value is -2.27. The first-order chi connectivity index (χ1) is 13.3. The van der Waals surface area contributed by atoms with Crippen LogP contribution in [0.25, 0.3) is 11.3 Å². The molecule has 2 aromatic rings. The molecule has 2 heterocycles. The van der Waals surface area contributed by atoms with Gasteiger partial charge in [-0.2, -0.15) is 0 Å². The highest BCUT2D eigenvalue weighted by Crippen LogP contribution is 2.35. The molecule has 5 atom stereocenters. The van der Waals surface area contributed by atoms with Crippen molar-refractivity contribution in [2.24, 2.45) is 5.92 Å². The van der Waals surface area contributed by atoms with Crippen molar-refractivity contribution in [2.75, 3.05) is 6.61 Å². The molecule has 1 aliphatic heterocycles. The Kier molecular flexibility index (Phi) is 6.14. The van der Waals surface area contributed by atoms with Crippen LogP contribution in [0.2, 0.25) is 0 Å². The number of aliphatic carboxylic acids is 1. The van der Waals surface area contributed by atoms with E-state index in [1.165, 1.54) is 10.8 Å². The molecule has 150 valence electrons. The van der Waals surface area contributed by atoms with Crippen LogP contribution < -0.4 is 0 Å². The SMILES string of the molecule is C[C@H]1[C@H]([C@H](O)C(O)CO)OC(C(=O)O)=C[C@@H]1n1cc(-c2ccccc2Br)nn1. The molecule has 1 aliphatic rings. The first kappa shape index (κ1) is 20.5. The predicted octanol–water partition coefficient (Wildman–Crippen LogP) is 0.966.